The third-order valence-electron chi connectivity index (χ3n) is 4.51. The molecule has 0 fully saturated rings. The number of carbonyl (C=O) groups excluding carboxylic acids is 1. The molecule has 1 aromatic heterocycles. The summed E-state index contributed by atoms with van der Waals surface area (Å²) in [5.74, 6) is 0.514. The quantitative estimate of drug-likeness (QED) is 0.890. The third kappa shape index (κ3) is 3.00. The predicted octanol–water partition coefficient (Wildman–Crippen LogP) is 3.35. The molecule has 1 N–H and O–H groups in total. The molecule has 1 amide bonds. The molecule has 130 valence electrons. The van der Waals surface area contributed by atoms with E-state index in [0.29, 0.717) is 22.2 Å². The van der Waals surface area contributed by atoms with Crippen LogP contribution < -0.4 is 5.32 Å². The molecular formula is C17H16Cl2N4O2. The molecule has 2 aromatic rings. The number of fused-ring (bicyclic) bond motifs is 1. The van der Waals surface area contributed by atoms with E-state index in [-0.39, 0.29) is 5.91 Å². The first-order chi connectivity index (χ1) is 12.0. The van der Waals surface area contributed by atoms with Gasteiger partial charge in [0.2, 0.25) is 6.10 Å². The molecule has 8 heteroatoms. The van der Waals surface area contributed by atoms with Crippen molar-refractivity contribution >= 4 is 40.6 Å². The fraction of sp³-hybridized carbons (Fsp3) is 0.353. The molecule has 0 saturated heterocycles. The first kappa shape index (κ1) is 16.4. The van der Waals surface area contributed by atoms with Gasteiger partial charge in [-0.1, -0.05) is 34.4 Å². The number of nitrogens with one attached hydrogen (secondary N) is 1. The molecule has 1 aromatic carbocycles. The second-order valence-corrected chi connectivity index (χ2v) is 7.04. The number of oxime groups is 1. The second-order valence-electron chi connectivity index (χ2n) is 6.20. The van der Waals surface area contributed by atoms with Crippen LogP contribution in [0.25, 0.3) is 0 Å². The molecule has 2 aliphatic rings. The van der Waals surface area contributed by atoms with Gasteiger partial charge in [-0.3, -0.25) is 9.48 Å². The lowest BCUT2D eigenvalue weighted by atomic mass is 10.0. The van der Waals surface area contributed by atoms with E-state index in [1.165, 1.54) is 0 Å². The van der Waals surface area contributed by atoms with Gasteiger partial charge in [0.15, 0.2) is 0 Å². The summed E-state index contributed by atoms with van der Waals surface area (Å²) in [6, 6.07) is 5.16. The Balaban J connectivity index is 1.47. The highest BCUT2D eigenvalue weighted by atomic mass is 35.5. The van der Waals surface area contributed by atoms with E-state index in [4.69, 9.17) is 28.0 Å². The van der Waals surface area contributed by atoms with Gasteiger partial charge in [-0.25, -0.2) is 0 Å². The molecule has 0 radical (unpaired) electrons. The van der Waals surface area contributed by atoms with E-state index >= 15 is 0 Å². The number of hydrogen-bond acceptors (Lipinski definition) is 4. The summed E-state index contributed by atoms with van der Waals surface area (Å²) in [6.45, 7) is 0. The zero-order valence-corrected chi connectivity index (χ0v) is 15.1. The SMILES string of the molecule is Cn1nc2c(c1NC(=O)[C@H]1CC(c3ccc(Cl)cc3Cl)=NO1)CCC2. The molecule has 1 atom stereocenters. The van der Waals surface area contributed by atoms with Crippen LogP contribution in [0.5, 0.6) is 0 Å². The number of aromatic nitrogens is 2. The van der Waals surface area contributed by atoms with Gasteiger partial charge in [0.1, 0.15) is 5.82 Å². The summed E-state index contributed by atoms with van der Waals surface area (Å²) >= 11 is 12.1. The lowest BCUT2D eigenvalue weighted by Gasteiger charge is -2.11. The fourth-order valence-electron chi connectivity index (χ4n) is 3.27. The fourth-order valence-corrected chi connectivity index (χ4v) is 3.79. The van der Waals surface area contributed by atoms with Crippen LogP contribution in [-0.4, -0.2) is 27.5 Å². The van der Waals surface area contributed by atoms with Crippen molar-refractivity contribution in [3.63, 3.8) is 0 Å². The van der Waals surface area contributed by atoms with E-state index < -0.39 is 6.10 Å². The first-order valence-electron chi connectivity index (χ1n) is 8.06. The maximum absolute atomic E-state index is 12.6. The van der Waals surface area contributed by atoms with Crippen LogP contribution >= 0.6 is 23.2 Å². The van der Waals surface area contributed by atoms with E-state index in [0.717, 1.165) is 41.9 Å². The summed E-state index contributed by atoms with van der Waals surface area (Å²) in [4.78, 5) is 17.9. The Hall–Kier alpha value is -2.05. The van der Waals surface area contributed by atoms with E-state index in [1.54, 1.807) is 22.9 Å². The molecule has 6 nitrogen and oxygen atoms in total. The maximum atomic E-state index is 12.6. The summed E-state index contributed by atoms with van der Waals surface area (Å²) in [5, 5.41) is 12.5. The van der Waals surface area contributed by atoms with Crippen LogP contribution in [0.1, 0.15) is 29.7 Å². The average Bonchev–Trinajstić information content (AvgIpc) is 3.26. The number of amides is 1. The van der Waals surface area contributed by atoms with Crippen LogP contribution in [0.15, 0.2) is 23.4 Å². The lowest BCUT2D eigenvalue weighted by Crippen LogP contribution is -2.29. The Morgan fingerprint density at radius 3 is 3.00 bits per heavy atom. The van der Waals surface area contributed by atoms with Crippen LogP contribution in [0.4, 0.5) is 5.82 Å². The summed E-state index contributed by atoms with van der Waals surface area (Å²) in [6.07, 6.45) is 2.64. The highest BCUT2D eigenvalue weighted by Gasteiger charge is 2.31. The minimum absolute atomic E-state index is 0.235. The van der Waals surface area contributed by atoms with Gasteiger partial charge in [0, 0.05) is 29.6 Å². The van der Waals surface area contributed by atoms with Gasteiger partial charge in [-0.15, -0.1) is 0 Å². The van der Waals surface area contributed by atoms with Gasteiger partial charge in [-0.2, -0.15) is 5.10 Å². The maximum Gasteiger partial charge on any atom is 0.269 e. The van der Waals surface area contributed by atoms with E-state index in [1.807, 2.05) is 7.05 Å². The monoisotopic (exact) mass is 378 g/mol. The van der Waals surface area contributed by atoms with Gasteiger partial charge in [-0.05, 0) is 31.4 Å². The Morgan fingerprint density at radius 2 is 2.20 bits per heavy atom. The number of anilines is 1. The Morgan fingerprint density at radius 1 is 1.36 bits per heavy atom. The van der Waals surface area contributed by atoms with Crippen molar-refractivity contribution in [3.05, 3.63) is 45.1 Å². The molecule has 2 heterocycles. The van der Waals surface area contributed by atoms with Crippen molar-refractivity contribution in [3.8, 4) is 0 Å². The number of hydrogen-bond donors (Lipinski definition) is 1. The number of aryl methyl sites for hydroxylation is 2. The highest BCUT2D eigenvalue weighted by Crippen LogP contribution is 2.29. The molecule has 0 bridgehead atoms. The van der Waals surface area contributed by atoms with Crippen LogP contribution in [-0.2, 0) is 29.5 Å². The van der Waals surface area contributed by atoms with Crippen LogP contribution in [0.3, 0.4) is 0 Å². The average molecular weight is 379 g/mol. The zero-order chi connectivity index (χ0) is 17.6. The van der Waals surface area contributed by atoms with Gasteiger partial charge >= 0.3 is 0 Å². The van der Waals surface area contributed by atoms with Crippen molar-refractivity contribution in [2.75, 3.05) is 5.32 Å². The van der Waals surface area contributed by atoms with Gasteiger partial charge in [0.05, 0.1) is 16.4 Å². The lowest BCUT2D eigenvalue weighted by molar-refractivity contribution is -0.125. The molecule has 0 unspecified atom stereocenters. The molecule has 0 spiro atoms. The van der Waals surface area contributed by atoms with Crippen molar-refractivity contribution in [2.24, 2.45) is 12.2 Å². The molecule has 0 saturated carbocycles. The van der Waals surface area contributed by atoms with Crippen molar-refractivity contribution in [1.29, 1.82) is 0 Å². The van der Waals surface area contributed by atoms with Gasteiger partial charge < -0.3 is 10.2 Å². The van der Waals surface area contributed by atoms with Crippen LogP contribution in [0, 0.1) is 0 Å². The number of nitrogens with zero attached hydrogens (tertiary/aromatic N) is 3. The summed E-state index contributed by atoms with van der Waals surface area (Å²) < 4.78 is 1.72. The summed E-state index contributed by atoms with van der Waals surface area (Å²) in [5.41, 5.74) is 3.55. The number of rotatable bonds is 3. The molecule has 1 aliphatic carbocycles. The van der Waals surface area contributed by atoms with Crippen molar-refractivity contribution in [1.82, 2.24) is 9.78 Å². The Labute approximate surface area is 154 Å². The minimum Gasteiger partial charge on any atom is -0.382 e. The van der Waals surface area contributed by atoms with E-state index in [2.05, 4.69) is 15.6 Å². The van der Waals surface area contributed by atoms with Crippen LogP contribution in [0.2, 0.25) is 10.0 Å². The third-order valence-corrected chi connectivity index (χ3v) is 5.06. The topological polar surface area (TPSA) is 68.5 Å². The predicted molar refractivity (Wildman–Crippen MR) is 96.4 cm³/mol. The standard InChI is InChI=1S/C17H16Cl2N4O2/c1-23-16(11-3-2-4-13(11)21-23)20-17(24)15-8-14(22-25-15)10-6-5-9(18)7-12(10)19/h5-7,15H,2-4,8H2,1H3,(H,20,24)/t15-/m1/s1. The second kappa shape index (κ2) is 6.35. The minimum atomic E-state index is -0.686. The first-order valence-corrected chi connectivity index (χ1v) is 8.82. The Bertz CT molecular complexity index is 891. The Kier molecular flexibility index (Phi) is 4.17. The number of carbonyl (C=O) groups is 1. The molecule has 1 aliphatic heterocycles. The largest absolute Gasteiger partial charge is 0.382 e. The molecule has 25 heavy (non-hydrogen) atoms. The zero-order valence-electron chi connectivity index (χ0n) is 13.6. The summed E-state index contributed by atoms with van der Waals surface area (Å²) in [7, 11) is 1.83. The van der Waals surface area contributed by atoms with Crippen molar-refractivity contribution < 1.29 is 9.63 Å². The van der Waals surface area contributed by atoms with Crippen molar-refractivity contribution in [2.45, 2.75) is 31.8 Å². The molecular weight excluding hydrogens is 363 g/mol. The van der Waals surface area contributed by atoms with E-state index in [9.17, 15) is 4.79 Å². The highest BCUT2D eigenvalue weighted by molar-refractivity contribution is 6.37. The molecule has 4 rings (SSSR count). The smallest absolute Gasteiger partial charge is 0.269 e. The number of halogens is 2. The number of benzene rings is 1. The van der Waals surface area contributed by atoms with Gasteiger partial charge in [0.25, 0.3) is 5.91 Å². The normalized spacial score (nSPS) is 18.7.